The lowest BCUT2D eigenvalue weighted by molar-refractivity contribution is -0.128. The summed E-state index contributed by atoms with van der Waals surface area (Å²) >= 11 is 0. The number of H-pyrrole nitrogens is 1. The number of benzene rings is 2. The fourth-order valence-electron chi connectivity index (χ4n) is 3.69. The van der Waals surface area contributed by atoms with Crippen molar-refractivity contribution in [3.05, 3.63) is 70.9 Å². The van der Waals surface area contributed by atoms with E-state index in [0.29, 0.717) is 22.2 Å². The highest BCUT2D eigenvalue weighted by molar-refractivity contribution is 6.00. The van der Waals surface area contributed by atoms with E-state index in [2.05, 4.69) is 9.98 Å². The van der Waals surface area contributed by atoms with Gasteiger partial charge in [0.05, 0.1) is 17.7 Å². The van der Waals surface area contributed by atoms with Crippen LogP contribution in [-0.4, -0.2) is 34.6 Å². The van der Waals surface area contributed by atoms with Crippen molar-refractivity contribution in [1.82, 2.24) is 9.88 Å². The molecule has 1 amide bonds. The third kappa shape index (κ3) is 3.45. The summed E-state index contributed by atoms with van der Waals surface area (Å²) in [7, 11) is 1.51. The molecule has 4 rings (SSSR count). The van der Waals surface area contributed by atoms with E-state index in [1.165, 1.54) is 36.2 Å². The minimum absolute atomic E-state index is 0.00566. The smallest absolute Gasteiger partial charge is 0.231 e. The zero-order valence-corrected chi connectivity index (χ0v) is 16.5. The van der Waals surface area contributed by atoms with Crippen LogP contribution in [0.15, 0.2) is 47.5 Å². The van der Waals surface area contributed by atoms with Crippen LogP contribution in [0.1, 0.15) is 35.0 Å². The molecule has 8 heteroatoms. The predicted molar refractivity (Wildman–Crippen MR) is 109 cm³/mol. The van der Waals surface area contributed by atoms with Crippen molar-refractivity contribution in [3.8, 4) is 0 Å². The van der Waals surface area contributed by atoms with Crippen LogP contribution in [0.3, 0.4) is 0 Å². The third-order valence-corrected chi connectivity index (χ3v) is 5.43. The Hall–Kier alpha value is -3.55. The minimum Gasteiger partial charge on any atom is -0.369 e. The van der Waals surface area contributed by atoms with E-state index in [1.807, 2.05) is 0 Å². The van der Waals surface area contributed by atoms with Gasteiger partial charge in [-0.2, -0.15) is 0 Å². The number of amides is 1. The first kappa shape index (κ1) is 19.8. The van der Waals surface area contributed by atoms with Crippen molar-refractivity contribution in [2.45, 2.75) is 25.3 Å². The van der Waals surface area contributed by atoms with E-state index in [4.69, 9.17) is 5.73 Å². The molecule has 2 heterocycles. The van der Waals surface area contributed by atoms with E-state index in [-0.39, 0.29) is 41.9 Å². The highest BCUT2D eigenvalue weighted by Gasteiger charge is 2.38. The number of aromatic amines is 1. The summed E-state index contributed by atoms with van der Waals surface area (Å²) in [5.41, 5.74) is 6.43. The molecule has 1 aliphatic rings. The van der Waals surface area contributed by atoms with Crippen LogP contribution in [0, 0.1) is 11.6 Å². The summed E-state index contributed by atoms with van der Waals surface area (Å²) in [6.45, 7) is 1.64. The average molecular weight is 410 g/mol. The minimum atomic E-state index is -1.16. The van der Waals surface area contributed by atoms with Gasteiger partial charge in [0, 0.05) is 29.9 Å². The lowest BCUT2D eigenvalue weighted by Gasteiger charge is -2.34. The number of nitrogens with one attached hydrogen (secondary N) is 1. The second-order valence-electron chi connectivity index (χ2n) is 7.70. The normalized spacial score (nSPS) is 19.3. The molecule has 1 aliphatic heterocycles. The molecule has 0 saturated carbocycles. The average Bonchev–Trinajstić information content (AvgIpc) is 3.11. The summed E-state index contributed by atoms with van der Waals surface area (Å²) in [6, 6.07) is 10.1. The number of hydrogen-bond donors (Lipinski definition) is 2. The number of rotatable bonds is 4. The van der Waals surface area contributed by atoms with Crippen LogP contribution in [0.2, 0.25) is 0 Å². The Morgan fingerprint density at radius 2 is 2.00 bits per heavy atom. The Labute approximate surface area is 171 Å². The van der Waals surface area contributed by atoms with Gasteiger partial charge in [-0.05, 0) is 48.9 Å². The third-order valence-electron chi connectivity index (χ3n) is 5.43. The maximum atomic E-state index is 14.6. The van der Waals surface area contributed by atoms with Gasteiger partial charge in [0.25, 0.3) is 0 Å². The Morgan fingerprint density at radius 1 is 1.23 bits per heavy atom. The Balaban J connectivity index is 1.64. The Morgan fingerprint density at radius 3 is 2.73 bits per heavy atom. The van der Waals surface area contributed by atoms with Crippen LogP contribution >= 0.6 is 0 Å². The molecule has 0 aliphatic carbocycles. The molecule has 1 atom stereocenters. The Bertz CT molecular complexity index is 1220. The van der Waals surface area contributed by atoms with Gasteiger partial charge < -0.3 is 10.7 Å². The van der Waals surface area contributed by atoms with Crippen molar-refractivity contribution in [3.63, 3.8) is 0 Å². The molecular formula is C22H20F2N4O2. The van der Waals surface area contributed by atoms with Crippen LogP contribution in [0.5, 0.6) is 0 Å². The van der Waals surface area contributed by atoms with Crippen LogP contribution < -0.4 is 5.73 Å². The SMILES string of the molecule is CN1C(=O)CC(C)(c2cc(CC(=O)c3cc4cc(F)ccc4[nH]3)ccc2F)N=C1N. The van der Waals surface area contributed by atoms with Crippen molar-refractivity contribution < 1.29 is 18.4 Å². The molecule has 0 saturated heterocycles. The second-order valence-corrected chi connectivity index (χ2v) is 7.70. The van der Waals surface area contributed by atoms with Gasteiger partial charge in [-0.1, -0.05) is 6.07 Å². The number of halogens is 2. The van der Waals surface area contributed by atoms with Crippen LogP contribution in [0.4, 0.5) is 8.78 Å². The molecule has 0 fully saturated rings. The topological polar surface area (TPSA) is 91.5 Å². The van der Waals surface area contributed by atoms with Gasteiger partial charge in [0.1, 0.15) is 11.6 Å². The number of carbonyl (C=O) groups excluding carboxylic acids is 2. The number of guanidine groups is 1. The fourth-order valence-corrected chi connectivity index (χ4v) is 3.69. The molecule has 3 N–H and O–H groups in total. The number of aromatic nitrogens is 1. The predicted octanol–water partition coefficient (Wildman–Crippen LogP) is 3.26. The first-order valence-corrected chi connectivity index (χ1v) is 9.38. The van der Waals surface area contributed by atoms with E-state index in [0.717, 1.165) is 0 Å². The zero-order valence-electron chi connectivity index (χ0n) is 16.5. The summed E-state index contributed by atoms with van der Waals surface area (Å²) in [6.07, 6.45) is -0.0299. The molecule has 1 unspecified atom stereocenters. The number of nitrogens with two attached hydrogens (primary N) is 1. The van der Waals surface area contributed by atoms with Crippen molar-refractivity contribution in [2.75, 3.05) is 7.05 Å². The number of aliphatic imine (C=N–C) groups is 1. The van der Waals surface area contributed by atoms with Crippen molar-refractivity contribution in [2.24, 2.45) is 10.7 Å². The molecular weight excluding hydrogens is 390 g/mol. The van der Waals surface area contributed by atoms with Gasteiger partial charge in [-0.3, -0.25) is 14.5 Å². The van der Waals surface area contributed by atoms with Gasteiger partial charge >= 0.3 is 0 Å². The molecule has 3 aromatic rings. The number of carbonyl (C=O) groups is 2. The molecule has 30 heavy (non-hydrogen) atoms. The fraction of sp³-hybridized carbons (Fsp3) is 0.227. The van der Waals surface area contributed by atoms with E-state index in [9.17, 15) is 18.4 Å². The number of hydrogen-bond acceptors (Lipinski definition) is 4. The summed E-state index contributed by atoms with van der Waals surface area (Å²) in [4.78, 5) is 33.5. The van der Waals surface area contributed by atoms with Gasteiger partial charge in [0.2, 0.25) is 5.91 Å². The zero-order chi connectivity index (χ0) is 21.6. The lowest BCUT2D eigenvalue weighted by atomic mass is 9.85. The van der Waals surface area contributed by atoms with Gasteiger partial charge in [-0.25, -0.2) is 13.8 Å². The van der Waals surface area contributed by atoms with Crippen molar-refractivity contribution in [1.29, 1.82) is 0 Å². The molecule has 0 radical (unpaired) electrons. The lowest BCUT2D eigenvalue weighted by Crippen LogP contribution is -2.47. The van der Waals surface area contributed by atoms with Crippen LogP contribution in [0.25, 0.3) is 10.9 Å². The number of nitrogens with zero attached hydrogens (tertiary/aromatic N) is 2. The molecule has 0 spiro atoms. The van der Waals surface area contributed by atoms with E-state index >= 15 is 0 Å². The summed E-state index contributed by atoms with van der Waals surface area (Å²) in [5, 5.41) is 0.598. The summed E-state index contributed by atoms with van der Waals surface area (Å²) in [5.74, 6) is -1.39. The summed E-state index contributed by atoms with van der Waals surface area (Å²) < 4.78 is 28.0. The first-order chi connectivity index (χ1) is 14.2. The Kier molecular flexibility index (Phi) is 4.64. The molecule has 1 aromatic heterocycles. The molecule has 0 bridgehead atoms. The van der Waals surface area contributed by atoms with Gasteiger partial charge in [-0.15, -0.1) is 0 Å². The highest BCUT2D eigenvalue weighted by atomic mass is 19.1. The standard InChI is InChI=1S/C22H20F2N4O2/c1-22(11-20(30)28(2)21(25)27-22)15-7-12(3-5-16(15)24)8-19(29)18-10-13-9-14(23)4-6-17(13)26-18/h3-7,9-10,26H,8,11H2,1-2H3,(H2,25,27). The van der Waals surface area contributed by atoms with Crippen LogP contribution in [-0.2, 0) is 16.8 Å². The number of ketones is 1. The number of Topliss-reactive ketones (excluding diaryl/α,β-unsaturated/α-hetero) is 1. The first-order valence-electron chi connectivity index (χ1n) is 9.38. The molecule has 154 valence electrons. The highest BCUT2D eigenvalue weighted by Crippen LogP contribution is 2.35. The van der Waals surface area contributed by atoms with E-state index < -0.39 is 11.4 Å². The monoisotopic (exact) mass is 410 g/mol. The molecule has 2 aromatic carbocycles. The maximum absolute atomic E-state index is 14.6. The van der Waals surface area contributed by atoms with Gasteiger partial charge in [0.15, 0.2) is 11.7 Å². The van der Waals surface area contributed by atoms with E-state index in [1.54, 1.807) is 25.1 Å². The number of fused-ring (bicyclic) bond motifs is 1. The van der Waals surface area contributed by atoms with Crippen molar-refractivity contribution >= 4 is 28.6 Å². The second kappa shape index (κ2) is 7.05. The molecule has 6 nitrogen and oxygen atoms in total. The quantitative estimate of drug-likeness (QED) is 0.647. The maximum Gasteiger partial charge on any atom is 0.231 e. The largest absolute Gasteiger partial charge is 0.369 e.